The molecule has 0 saturated carbocycles. The fourth-order valence-electron chi connectivity index (χ4n) is 2.91. The quantitative estimate of drug-likeness (QED) is 0.136. The van der Waals surface area contributed by atoms with E-state index in [1.165, 1.54) is 30.0 Å². The first-order valence-corrected chi connectivity index (χ1v) is 11.6. The van der Waals surface area contributed by atoms with Crippen molar-refractivity contribution >= 4 is 29.4 Å². The van der Waals surface area contributed by atoms with Crippen LogP contribution in [0.2, 0.25) is 0 Å². The van der Waals surface area contributed by atoms with Gasteiger partial charge in [0.15, 0.2) is 11.1 Å². The predicted molar refractivity (Wildman–Crippen MR) is 125 cm³/mol. The van der Waals surface area contributed by atoms with E-state index in [1.54, 1.807) is 19.2 Å². The Labute approximate surface area is 201 Å². The second kappa shape index (κ2) is 11.1. The van der Waals surface area contributed by atoms with Crippen LogP contribution >= 0.6 is 11.8 Å². The lowest BCUT2D eigenvalue weighted by Crippen LogP contribution is -2.34. The monoisotopic (exact) mass is 486 g/mol. The van der Waals surface area contributed by atoms with E-state index in [-0.39, 0.29) is 40.9 Å². The van der Waals surface area contributed by atoms with Gasteiger partial charge in [0.2, 0.25) is 0 Å². The molecule has 2 atom stereocenters. The van der Waals surface area contributed by atoms with Gasteiger partial charge in [-0.25, -0.2) is 9.97 Å². The molecule has 2 rings (SSSR count). The van der Waals surface area contributed by atoms with Crippen molar-refractivity contribution < 1.29 is 24.4 Å². The number of nitro benzene ring substituents is 1. The van der Waals surface area contributed by atoms with Gasteiger partial charge in [0.25, 0.3) is 5.69 Å². The van der Waals surface area contributed by atoms with Gasteiger partial charge in [0.1, 0.15) is 12.2 Å². The van der Waals surface area contributed by atoms with Gasteiger partial charge in [0, 0.05) is 17.7 Å². The van der Waals surface area contributed by atoms with Crippen molar-refractivity contribution in [3.8, 4) is 17.3 Å². The number of non-ortho nitro benzene ring substituents is 1. The Morgan fingerprint density at radius 2 is 2.00 bits per heavy atom. The van der Waals surface area contributed by atoms with E-state index in [1.807, 2.05) is 26.8 Å². The average molecular weight is 487 g/mol. The molecule has 0 aliphatic rings. The number of aromatic nitrogens is 2. The maximum absolute atomic E-state index is 12.6. The van der Waals surface area contributed by atoms with E-state index >= 15 is 0 Å². The zero-order valence-corrected chi connectivity index (χ0v) is 20.4. The number of hydrogen-bond donors (Lipinski definition) is 1. The number of carbonyl (C=O) groups excluding carboxylic acids is 1. The minimum absolute atomic E-state index is 0.00311. The van der Waals surface area contributed by atoms with E-state index < -0.39 is 28.9 Å². The number of nitriles is 1. The Morgan fingerprint density at radius 1 is 1.32 bits per heavy atom. The molecular weight excluding hydrogens is 460 g/mol. The van der Waals surface area contributed by atoms with Gasteiger partial charge >= 0.3 is 11.9 Å². The number of benzene rings is 1. The molecule has 180 valence electrons. The van der Waals surface area contributed by atoms with E-state index in [9.17, 15) is 30.1 Å². The third-order valence-corrected chi connectivity index (χ3v) is 5.90. The van der Waals surface area contributed by atoms with Crippen molar-refractivity contribution in [1.82, 2.24) is 9.97 Å². The predicted octanol–water partition coefficient (Wildman–Crippen LogP) is 4.26. The number of ether oxygens (including phenoxy) is 1. The number of nitro groups is 1. The van der Waals surface area contributed by atoms with Crippen LogP contribution in [0.1, 0.15) is 45.4 Å². The van der Waals surface area contributed by atoms with Gasteiger partial charge in [-0.15, -0.1) is 0 Å². The Kier molecular flexibility index (Phi) is 8.70. The second-order valence-corrected chi connectivity index (χ2v) is 9.45. The molecule has 0 spiro atoms. The minimum Gasteiger partial charge on any atom is -0.481 e. The Bertz CT molecular complexity index is 1140. The van der Waals surface area contributed by atoms with Crippen molar-refractivity contribution in [3.63, 3.8) is 0 Å². The summed E-state index contributed by atoms with van der Waals surface area (Å²) in [5.74, 6) is -3.63. The van der Waals surface area contributed by atoms with Crippen LogP contribution in [0.5, 0.6) is 0 Å². The first-order chi connectivity index (χ1) is 15.9. The molecule has 11 heteroatoms. The summed E-state index contributed by atoms with van der Waals surface area (Å²) in [6, 6.07) is 7.75. The molecule has 2 aromatic rings. The normalized spacial score (nSPS) is 12.9. The molecule has 34 heavy (non-hydrogen) atoms. The average Bonchev–Trinajstić information content (AvgIpc) is 2.77. The maximum Gasteiger partial charge on any atom is 0.320 e. The first-order valence-electron chi connectivity index (χ1n) is 10.4. The number of esters is 1. The summed E-state index contributed by atoms with van der Waals surface area (Å²) in [6.45, 7) is 7.33. The highest BCUT2D eigenvalue weighted by Crippen LogP contribution is 2.30. The Balaban J connectivity index is 2.41. The van der Waals surface area contributed by atoms with Crippen LogP contribution in [0.4, 0.5) is 5.69 Å². The molecule has 0 fully saturated rings. The fraction of sp³-hybridized carbons (Fsp3) is 0.435. The van der Waals surface area contributed by atoms with Gasteiger partial charge in [-0.05, 0) is 31.4 Å². The minimum atomic E-state index is -1.44. The highest BCUT2D eigenvalue weighted by molar-refractivity contribution is 7.98. The molecule has 0 saturated heterocycles. The van der Waals surface area contributed by atoms with Gasteiger partial charge in [-0.1, -0.05) is 44.7 Å². The largest absolute Gasteiger partial charge is 0.481 e. The summed E-state index contributed by atoms with van der Waals surface area (Å²) in [6.07, 6.45) is 1.09. The molecule has 0 amide bonds. The van der Waals surface area contributed by atoms with Crippen molar-refractivity contribution in [2.24, 2.45) is 11.3 Å². The number of carboxylic acid groups (broad SMARTS) is 1. The van der Waals surface area contributed by atoms with Crippen molar-refractivity contribution in [3.05, 3.63) is 45.6 Å². The molecule has 1 aromatic carbocycles. The molecular formula is C23H26N4O6S. The summed E-state index contributed by atoms with van der Waals surface area (Å²) in [7, 11) is 0. The number of thioether (sulfide) groups is 1. The molecule has 1 N–H and O–H groups in total. The third-order valence-electron chi connectivity index (χ3n) is 5.35. The van der Waals surface area contributed by atoms with Crippen LogP contribution in [0.3, 0.4) is 0 Å². The van der Waals surface area contributed by atoms with Gasteiger partial charge in [-0.3, -0.25) is 19.7 Å². The van der Waals surface area contributed by atoms with Crippen LogP contribution in [0.25, 0.3) is 11.3 Å². The van der Waals surface area contributed by atoms with Crippen molar-refractivity contribution in [2.75, 3.05) is 6.26 Å². The van der Waals surface area contributed by atoms with Crippen molar-refractivity contribution in [1.29, 1.82) is 5.26 Å². The molecule has 2 unspecified atom stereocenters. The lowest BCUT2D eigenvalue weighted by atomic mass is 9.90. The number of rotatable bonds is 9. The zero-order chi connectivity index (χ0) is 25.6. The van der Waals surface area contributed by atoms with E-state index in [4.69, 9.17) is 4.74 Å². The Morgan fingerprint density at radius 3 is 2.53 bits per heavy atom. The standard InChI is InChI=1S/C23H26N4O6S/c1-13(23(2,3)4)33-21(30)16(20(28)29)9-10-18-17(12-24)19(26-22(25-18)34-5)14-7-6-8-15(11-14)27(31)32/h6-8,11,13,16H,9-10H2,1-5H3,(H,28,29). The van der Waals surface area contributed by atoms with Gasteiger partial charge < -0.3 is 9.84 Å². The number of carbonyl (C=O) groups is 2. The highest BCUT2D eigenvalue weighted by Gasteiger charge is 2.32. The van der Waals surface area contributed by atoms with Gasteiger partial charge in [0.05, 0.1) is 21.9 Å². The number of aryl methyl sites for hydroxylation is 1. The Hall–Kier alpha value is -3.52. The summed E-state index contributed by atoms with van der Waals surface area (Å²) in [4.78, 5) is 43.7. The third kappa shape index (κ3) is 6.51. The maximum atomic E-state index is 12.6. The second-order valence-electron chi connectivity index (χ2n) is 8.67. The van der Waals surface area contributed by atoms with E-state index in [2.05, 4.69) is 9.97 Å². The van der Waals surface area contributed by atoms with Crippen molar-refractivity contribution in [2.45, 2.75) is 51.8 Å². The van der Waals surface area contributed by atoms with Crippen LogP contribution in [-0.4, -0.2) is 44.3 Å². The summed E-state index contributed by atoms with van der Waals surface area (Å²) in [5.41, 5.74) is 0.369. The zero-order valence-electron chi connectivity index (χ0n) is 19.6. The molecule has 0 bridgehead atoms. The number of nitrogens with zero attached hydrogens (tertiary/aromatic N) is 4. The van der Waals surface area contributed by atoms with E-state index in [0.717, 1.165) is 0 Å². The molecule has 1 aromatic heterocycles. The van der Waals surface area contributed by atoms with Gasteiger partial charge in [-0.2, -0.15) is 5.26 Å². The SMILES string of the molecule is CSc1nc(CCC(C(=O)O)C(=O)OC(C)C(C)(C)C)c(C#N)c(-c2cccc([N+](=O)[O-])c2)n1. The number of carboxylic acids is 1. The molecule has 10 nitrogen and oxygen atoms in total. The van der Waals surface area contributed by atoms with Crippen LogP contribution < -0.4 is 0 Å². The summed E-state index contributed by atoms with van der Waals surface area (Å²) >= 11 is 1.21. The highest BCUT2D eigenvalue weighted by atomic mass is 32.2. The number of hydrogen-bond acceptors (Lipinski definition) is 9. The fourth-order valence-corrected chi connectivity index (χ4v) is 3.29. The van der Waals surface area contributed by atoms with Crippen LogP contribution in [0, 0.1) is 32.8 Å². The topological polar surface area (TPSA) is 156 Å². The smallest absolute Gasteiger partial charge is 0.320 e. The van der Waals surface area contributed by atoms with E-state index in [0.29, 0.717) is 10.7 Å². The molecule has 0 aliphatic heterocycles. The lowest BCUT2D eigenvalue weighted by Gasteiger charge is -2.28. The molecule has 0 radical (unpaired) electrons. The van der Waals surface area contributed by atoms with Crippen LogP contribution in [-0.2, 0) is 20.7 Å². The number of aliphatic carboxylic acids is 1. The van der Waals surface area contributed by atoms with Crippen LogP contribution in [0.15, 0.2) is 29.4 Å². The first kappa shape index (κ1) is 26.7. The lowest BCUT2D eigenvalue weighted by molar-refractivity contribution is -0.384. The molecule has 0 aliphatic carbocycles. The molecule has 1 heterocycles. The summed E-state index contributed by atoms with van der Waals surface area (Å²) in [5, 5.41) is 30.9. The summed E-state index contributed by atoms with van der Waals surface area (Å²) < 4.78 is 5.37.